The summed E-state index contributed by atoms with van der Waals surface area (Å²) in [5, 5.41) is 12.8. The molecule has 25 heavy (non-hydrogen) atoms. The lowest BCUT2D eigenvalue weighted by atomic mass is 9.81. The van der Waals surface area contributed by atoms with Crippen LogP contribution in [-0.2, 0) is 0 Å². The van der Waals surface area contributed by atoms with Crippen molar-refractivity contribution in [3.05, 3.63) is 87.2 Å². The molecule has 0 saturated carbocycles. The van der Waals surface area contributed by atoms with Crippen molar-refractivity contribution in [3.63, 3.8) is 0 Å². The summed E-state index contributed by atoms with van der Waals surface area (Å²) in [6.45, 7) is 0. The van der Waals surface area contributed by atoms with Crippen LogP contribution in [0.3, 0.4) is 0 Å². The third-order valence-electron chi connectivity index (χ3n) is 4.39. The fourth-order valence-corrected chi connectivity index (χ4v) is 3.81. The summed E-state index contributed by atoms with van der Waals surface area (Å²) >= 11 is 12.5. The number of ether oxygens (including phenoxy) is 1. The van der Waals surface area contributed by atoms with Crippen LogP contribution >= 0.6 is 23.2 Å². The van der Waals surface area contributed by atoms with Crippen LogP contribution in [0.2, 0.25) is 10.0 Å². The van der Waals surface area contributed by atoms with Crippen LogP contribution in [0.5, 0.6) is 5.75 Å². The molecule has 5 heteroatoms. The highest BCUT2D eigenvalue weighted by Gasteiger charge is 2.33. The van der Waals surface area contributed by atoms with Crippen molar-refractivity contribution >= 4 is 34.0 Å². The number of nitrogens with two attached hydrogens (primary N) is 1. The molecule has 4 rings (SSSR count). The second-order valence-corrected chi connectivity index (χ2v) is 6.63. The quantitative estimate of drug-likeness (QED) is 0.630. The normalized spacial score (nSPS) is 16.3. The van der Waals surface area contributed by atoms with Gasteiger partial charge in [0.1, 0.15) is 17.4 Å². The molecule has 0 unspecified atom stereocenters. The summed E-state index contributed by atoms with van der Waals surface area (Å²) in [5.41, 5.74) is 8.02. The number of nitriles is 1. The van der Waals surface area contributed by atoms with E-state index in [0.717, 1.165) is 21.9 Å². The van der Waals surface area contributed by atoms with Gasteiger partial charge in [0.2, 0.25) is 5.88 Å². The fourth-order valence-electron chi connectivity index (χ4n) is 3.29. The minimum atomic E-state index is -0.412. The Hall–Kier alpha value is -2.67. The Bertz CT molecular complexity index is 1080. The molecular weight excluding hydrogens is 355 g/mol. The van der Waals surface area contributed by atoms with E-state index in [1.165, 1.54) is 0 Å². The molecule has 1 atom stereocenters. The van der Waals surface area contributed by atoms with Crippen LogP contribution in [0, 0.1) is 11.3 Å². The highest BCUT2D eigenvalue weighted by molar-refractivity contribution is 6.35. The van der Waals surface area contributed by atoms with E-state index in [1.807, 2.05) is 42.5 Å². The first-order chi connectivity index (χ1) is 12.1. The summed E-state index contributed by atoms with van der Waals surface area (Å²) < 4.78 is 5.72. The number of allylic oxidation sites excluding steroid dienone is 1. The molecule has 0 spiro atoms. The van der Waals surface area contributed by atoms with Crippen LogP contribution in [0.25, 0.3) is 10.8 Å². The molecule has 0 fully saturated rings. The average Bonchev–Trinajstić information content (AvgIpc) is 2.60. The van der Waals surface area contributed by atoms with Crippen molar-refractivity contribution in [1.82, 2.24) is 0 Å². The zero-order valence-corrected chi connectivity index (χ0v) is 14.5. The van der Waals surface area contributed by atoms with Crippen molar-refractivity contribution < 1.29 is 4.74 Å². The van der Waals surface area contributed by atoms with Gasteiger partial charge in [-0.05, 0) is 34.5 Å². The van der Waals surface area contributed by atoms with Gasteiger partial charge in [0.05, 0.1) is 5.92 Å². The second kappa shape index (κ2) is 6.00. The van der Waals surface area contributed by atoms with Crippen molar-refractivity contribution in [2.45, 2.75) is 5.92 Å². The van der Waals surface area contributed by atoms with Crippen molar-refractivity contribution in [1.29, 1.82) is 5.26 Å². The molecule has 0 saturated heterocycles. The van der Waals surface area contributed by atoms with Gasteiger partial charge in [-0.25, -0.2) is 0 Å². The average molecular weight is 367 g/mol. The van der Waals surface area contributed by atoms with Gasteiger partial charge in [-0.15, -0.1) is 0 Å². The summed E-state index contributed by atoms with van der Waals surface area (Å²) in [6, 6.07) is 19.2. The zero-order chi connectivity index (χ0) is 17.6. The first-order valence-corrected chi connectivity index (χ1v) is 8.40. The molecular formula is C20H12Cl2N2O. The predicted octanol–water partition coefficient (Wildman–Crippen LogP) is 5.36. The second-order valence-electron chi connectivity index (χ2n) is 5.79. The highest BCUT2D eigenvalue weighted by atomic mass is 35.5. The Labute approximate surface area is 154 Å². The number of hydrogen-bond acceptors (Lipinski definition) is 3. The third kappa shape index (κ3) is 2.51. The molecule has 2 N–H and O–H groups in total. The van der Waals surface area contributed by atoms with E-state index in [4.69, 9.17) is 33.7 Å². The Kier molecular flexibility index (Phi) is 3.80. The smallest absolute Gasteiger partial charge is 0.205 e. The van der Waals surface area contributed by atoms with Crippen molar-refractivity contribution in [3.8, 4) is 11.8 Å². The SMILES string of the molecule is N#CC1=C(N)Oc2ccc3ccccc3c2[C@H]1c1ccc(Cl)cc1Cl. The Morgan fingerprint density at radius 1 is 1.04 bits per heavy atom. The zero-order valence-electron chi connectivity index (χ0n) is 13.0. The molecule has 0 bridgehead atoms. The van der Waals surface area contributed by atoms with E-state index in [1.54, 1.807) is 12.1 Å². The van der Waals surface area contributed by atoms with Crippen LogP contribution in [-0.4, -0.2) is 0 Å². The van der Waals surface area contributed by atoms with Gasteiger partial charge >= 0.3 is 0 Å². The van der Waals surface area contributed by atoms with E-state index in [0.29, 0.717) is 21.4 Å². The lowest BCUT2D eigenvalue weighted by Gasteiger charge is -2.28. The van der Waals surface area contributed by atoms with E-state index in [-0.39, 0.29) is 5.88 Å². The number of halogens is 2. The summed E-state index contributed by atoms with van der Waals surface area (Å²) in [4.78, 5) is 0. The molecule has 0 radical (unpaired) electrons. The maximum atomic E-state index is 9.70. The van der Waals surface area contributed by atoms with Crippen LogP contribution in [0.1, 0.15) is 17.0 Å². The van der Waals surface area contributed by atoms with E-state index < -0.39 is 5.92 Å². The minimum absolute atomic E-state index is 0.0984. The first kappa shape index (κ1) is 15.8. The molecule has 3 nitrogen and oxygen atoms in total. The topological polar surface area (TPSA) is 59.0 Å². The summed E-state index contributed by atoms with van der Waals surface area (Å²) in [7, 11) is 0. The van der Waals surface area contributed by atoms with E-state index in [9.17, 15) is 5.26 Å². The highest BCUT2D eigenvalue weighted by Crippen LogP contribution is 2.47. The fraction of sp³-hybridized carbons (Fsp3) is 0.0500. The van der Waals surface area contributed by atoms with E-state index in [2.05, 4.69) is 6.07 Å². The maximum absolute atomic E-state index is 9.70. The lowest BCUT2D eigenvalue weighted by Crippen LogP contribution is -2.21. The molecule has 0 aromatic heterocycles. The van der Waals surface area contributed by atoms with Crippen LogP contribution in [0.4, 0.5) is 0 Å². The Balaban J connectivity index is 2.08. The Morgan fingerprint density at radius 3 is 2.60 bits per heavy atom. The molecule has 3 aromatic carbocycles. The third-order valence-corrected chi connectivity index (χ3v) is 4.95. The number of nitrogens with zero attached hydrogens (tertiary/aromatic N) is 1. The molecule has 0 amide bonds. The van der Waals surface area contributed by atoms with Gasteiger partial charge in [0.15, 0.2) is 0 Å². The van der Waals surface area contributed by atoms with E-state index >= 15 is 0 Å². The summed E-state index contributed by atoms with van der Waals surface area (Å²) in [6.07, 6.45) is 0. The first-order valence-electron chi connectivity index (χ1n) is 7.64. The van der Waals surface area contributed by atoms with Crippen LogP contribution < -0.4 is 10.5 Å². The minimum Gasteiger partial charge on any atom is -0.440 e. The van der Waals surface area contributed by atoms with Gasteiger partial charge in [-0.1, -0.05) is 59.6 Å². The molecule has 1 heterocycles. The number of benzene rings is 3. The molecule has 1 aliphatic rings. The molecule has 122 valence electrons. The van der Waals surface area contributed by atoms with Crippen molar-refractivity contribution in [2.75, 3.05) is 0 Å². The molecule has 3 aromatic rings. The molecule has 1 aliphatic heterocycles. The number of hydrogen-bond donors (Lipinski definition) is 1. The number of fused-ring (bicyclic) bond motifs is 3. The Morgan fingerprint density at radius 2 is 1.84 bits per heavy atom. The number of rotatable bonds is 1. The van der Waals surface area contributed by atoms with Gasteiger partial charge in [0, 0.05) is 15.6 Å². The standard InChI is InChI=1S/C20H12Cl2N2O/c21-12-6-7-14(16(22)9-12)18-15(10-23)20(24)25-17-8-5-11-3-1-2-4-13(11)19(17)18/h1-9,18H,24H2/t18-/m0/s1. The van der Waals surface area contributed by atoms with Gasteiger partial charge in [-0.3, -0.25) is 0 Å². The van der Waals surface area contributed by atoms with Crippen LogP contribution in [0.15, 0.2) is 66.1 Å². The maximum Gasteiger partial charge on any atom is 0.205 e. The van der Waals surface area contributed by atoms with Crippen molar-refractivity contribution in [2.24, 2.45) is 5.73 Å². The van der Waals surface area contributed by atoms with Gasteiger partial charge in [-0.2, -0.15) is 5.26 Å². The summed E-state index contributed by atoms with van der Waals surface area (Å²) in [5.74, 6) is 0.317. The largest absolute Gasteiger partial charge is 0.440 e. The molecule has 0 aliphatic carbocycles. The van der Waals surface area contributed by atoms with Gasteiger partial charge < -0.3 is 10.5 Å². The predicted molar refractivity (Wildman–Crippen MR) is 99.7 cm³/mol. The lowest BCUT2D eigenvalue weighted by molar-refractivity contribution is 0.395. The monoisotopic (exact) mass is 366 g/mol. The van der Waals surface area contributed by atoms with Gasteiger partial charge in [0.25, 0.3) is 0 Å².